The highest BCUT2D eigenvalue weighted by Gasteiger charge is 2.83. The lowest BCUT2D eigenvalue weighted by Gasteiger charge is -2.51. The van der Waals surface area contributed by atoms with E-state index in [-0.39, 0.29) is 24.5 Å². The van der Waals surface area contributed by atoms with Crippen molar-refractivity contribution in [3.63, 3.8) is 0 Å². The van der Waals surface area contributed by atoms with Gasteiger partial charge in [0.1, 0.15) is 11.8 Å². The third-order valence-electron chi connectivity index (χ3n) is 7.56. The molecule has 2 saturated carbocycles. The van der Waals surface area contributed by atoms with Crippen LogP contribution in [0.25, 0.3) is 0 Å². The number of fused-ring (bicyclic) bond motifs is 1. The van der Waals surface area contributed by atoms with Gasteiger partial charge in [-0.3, -0.25) is 4.84 Å². The van der Waals surface area contributed by atoms with Gasteiger partial charge in [0.15, 0.2) is 12.6 Å². The Hall–Kier alpha value is -0.240. The summed E-state index contributed by atoms with van der Waals surface area (Å²) in [5, 5.41) is 13.4. The van der Waals surface area contributed by atoms with E-state index < -0.39 is 11.4 Å². The smallest absolute Gasteiger partial charge is 0.196 e. The Kier molecular flexibility index (Phi) is 3.42. The average molecular weight is 339 g/mol. The van der Waals surface area contributed by atoms with Crippen LogP contribution < -0.4 is 0 Å². The average Bonchev–Trinajstić information content (AvgIpc) is 3.10. The molecular weight excluding hydrogens is 310 g/mol. The zero-order chi connectivity index (χ0) is 16.6. The molecular formula is C18H29NO5. The first-order valence-corrected chi connectivity index (χ1v) is 9.51. The molecule has 3 saturated heterocycles. The van der Waals surface area contributed by atoms with Gasteiger partial charge in [-0.1, -0.05) is 6.92 Å². The Morgan fingerprint density at radius 3 is 2.92 bits per heavy atom. The van der Waals surface area contributed by atoms with Gasteiger partial charge in [-0.15, -0.1) is 0 Å². The minimum Gasteiger partial charge on any atom is -0.363 e. The third kappa shape index (κ3) is 1.72. The second-order valence-corrected chi connectivity index (χ2v) is 8.63. The van der Waals surface area contributed by atoms with Gasteiger partial charge in [0, 0.05) is 25.5 Å². The number of hydrogen-bond donors (Lipinski definition) is 1. The first kappa shape index (κ1) is 16.0. The number of nitrogens with zero attached hydrogens (tertiary/aromatic N) is 1. The summed E-state index contributed by atoms with van der Waals surface area (Å²) >= 11 is 0. The quantitative estimate of drug-likeness (QED) is 0.794. The number of rotatable bonds is 3. The minimum absolute atomic E-state index is 0.00361. The van der Waals surface area contributed by atoms with Crippen LogP contribution in [-0.4, -0.2) is 54.3 Å². The number of hydrogen-bond acceptors (Lipinski definition) is 6. The Morgan fingerprint density at radius 1 is 1.25 bits per heavy atom. The second kappa shape index (κ2) is 5.15. The van der Waals surface area contributed by atoms with E-state index in [0.717, 1.165) is 45.1 Å². The molecule has 2 spiro atoms. The lowest BCUT2D eigenvalue weighted by Crippen LogP contribution is -2.58. The zero-order valence-electron chi connectivity index (χ0n) is 14.7. The molecule has 4 bridgehead atoms. The molecule has 24 heavy (non-hydrogen) atoms. The number of hydroxylamine groups is 2. The fraction of sp³-hybridized carbons (Fsp3) is 1.00. The van der Waals surface area contributed by atoms with E-state index in [4.69, 9.17) is 19.0 Å². The topological polar surface area (TPSA) is 60.4 Å². The van der Waals surface area contributed by atoms with Gasteiger partial charge in [-0.2, -0.15) is 5.06 Å². The van der Waals surface area contributed by atoms with Crippen molar-refractivity contribution in [1.29, 1.82) is 0 Å². The molecule has 5 fully saturated rings. The summed E-state index contributed by atoms with van der Waals surface area (Å²) in [4.78, 5) is 5.74. The molecule has 3 heterocycles. The zero-order valence-corrected chi connectivity index (χ0v) is 14.7. The summed E-state index contributed by atoms with van der Waals surface area (Å²) in [5.74, 6) is 0.0892. The van der Waals surface area contributed by atoms with E-state index in [1.165, 1.54) is 6.42 Å². The summed E-state index contributed by atoms with van der Waals surface area (Å²) < 4.78 is 18.0. The Labute approximate surface area is 143 Å². The first-order valence-electron chi connectivity index (χ1n) is 9.51. The van der Waals surface area contributed by atoms with Crippen molar-refractivity contribution in [3.05, 3.63) is 0 Å². The molecule has 0 aromatic heterocycles. The van der Waals surface area contributed by atoms with Crippen molar-refractivity contribution in [2.45, 2.75) is 75.6 Å². The van der Waals surface area contributed by atoms with E-state index in [2.05, 4.69) is 6.92 Å². The lowest BCUT2D eigenvalue weighted by atomic mass is 9.56. The van der Waals surface area contributed by atoms with Crippen LogP contribution in [0.1, 0.15) is 51.9 Å². The van der Waals surface area contributed by atoms with E-state index >= 15 is 0 Å². The summed E-state index contributed by atoms with van der Waals surface area (Å²) in [6, 6.07) is 0. The van der Waals surface area contributed by atoms with Crippen LogP contribution in [0.4, 0.5) is 0 Å². The molecule has 3 aliphatic heterocycles. The lowest BCUT2D eigenvalue weighted by molar-refractivity contribution is -0.326. The van der Waals surface area contributed by atoms with Crippen molar-refractivity contribution in [2.24, 2.45) is 17.3 Å². The summed E-state index contributed by atoms with van der Waals surface area (Å²) in [5.41, 5.74) is -0.550. The maximum absolute atomic E-state index is 11.4. The fourth-order valence-electron chi connectivity index (χ4n) is 6.90. The molecule has 0 amide bonds. The molecule has 136 valence electrons. The molecule has 0 radical (unpaired) electrons. The highest BCUT2D eigenvalue weighted by atomic mass is 16.8. The fourth-order valence-corrected chi connectivity index (χ4v) is 6.90. The van der Waals surface area contributed by atoms with Gasteiger partial charge in [-0.05, 0) is 50.4 Å². The number of aliphatic hydroxyl groups is 1. The van der Waals surface area contributed by atoms with Gasteiger partial charge < -0.3 is 19.3 Å². The predicted molar refractivity (Wildman–Crippen MR) is 84.5 cm³/mol. The molecule has 1 N–H and O–H groups in total. The van der Waals surface area contributed by atoms with Crippen LogP contribution in [0.5, 0.6) is 0 Å². The molecule has 6 nitrogen and oxygen atoms in total. The molecule has 5 aliphatic rings. The van der Waals surface area contributed by atoms with Crippen molar-refractivity contribution in [2.75, 3.05) is 20.4 Å². The standard InChI is InChI=1S/C18H29NO5/c1-12-8-13-10-18(20)17-6-4-15(24-17)19(22-11-21-2)7-3-5-16(13,17)14(9-12)23-18/h12-15,20H,3-11H2,1-2H3/t12-,13+,14+,15+,16-,17-,18-/m1/s1. The van der Waals surface area contributed by atoms with Crippen LogP contribution in [0.2, 0.25) is 0 Å². The van der Waals surface area contributed by atoms with Crippen molar-refractivity contribution < 1.29 is 24.2 Å². The highest BCUT2D eigenvalue weighted by Crippen LogP contribution is 2.75. The van der Waals surface area contributed by atoms with Crippen LogP contribution >= 0.6 is 0 Å². The second-order valence-electron chi connectivity index (χ2n) is 8.63. The van der Waals surface area contributed by atoms with Crippen LogP contribution in [0.15, 0.2) is 0 Å². The van der Waals surface area contributed by atoms with Gasteiger partial charge in [0.2, 0.25) is 0 Å². The van der Waals surface area contributed by atoms with Gasteiger partial charge in [0.25, 0.3) is 0 Å². The Bertz CT molecular complexity index is 512. The molecule has 6 heteroatoms. The van der Waals surface area contributed by atoms with Gasteiger partial charge >= 0.3 is 0 Å². The monoisotopic (exact) mass is 339 g/mol. The molecule has 2 aliphatic carbocycles. The number of methoxy groups -OCH3 is 1. The molecule has 7 atom stereocenters. The third-order valence-corrected chi connectivity index (χ3v) is 7.56. The molecule has 5 rings (SSSR count). The van der Waals surface area contributed by atoms with Crippen molar-refractivity contribution >= 4 is 0 Å². The van der Waals surface area contributed by atoms with Crippen LogP contribution in [0, 0.1) is 17.3 Å². The van der Waals surface area contributed by atoms with Gasteiger partial charge in [0.05, 0.1) is 6.10 Å². The molecule has 0 aromatic rings. The summed E-state index contributed by atoms with van der Waals surface area (Å²) in [6.07, 6.45) is 6.87. The van der Waals surface area contributed by atoms with E-state index in [1.807, 2.05) is 5.06 Å². The largest absolute Gasteiger partial charge is 0.363 e. The van der Waals surface area contributed by atoms with Crippen LogP contribution in [0.3, 0.4) is 0 Å². The van der Waals surface area contributed by atoms with Crippen molar-refractivity contribution in [3.8, 4) is 0 Å². The van der Waals surface area contributed by atoms with Crippen LogP contribution in [-0.2, 0) is 19.0 Å². The highest BCUT2D eigenvalue weighted by molar-refractivity contribution is 5.27. The Morgan fingerprint density at radius 2 is 2.12 bits per heavy atom. The SMILES string of the molecule is COCON1CCC[C@@]23[C@H]4C[C@@H](C)C[C@@H]2O[C@](O)(C4)[C@@]32CC[C@@H]1O2. The first-order chi connectivity index (χ1) is 11.5. The molecule has 0 unspecified atom stereocenters. The normalized spacial score (nSPS) is 56.1. The minimum atomic E-state index is -1.11. The van der Waals surface area contributed by atoms with Gasteiger partial charge in [-0.25, -0.2) is 0 Å². The predicted octanol–water partition coefficient (Wildman–Crippen LogP) is 2.02. The Balaban J connectivity index is 1.52. The maximum atomic E-state index is 11.4. The summed E-state index contributed by atoms with van der Waals surface area (Å²) in [7, 11) is 1.63. The van der Waals surface area contributed by atoms with E-state index in [0.29, 0.717) is 11.8 Å². The van der Waals surface area contributed by atoms with E-state index in [9.17, 15) is 5.11 Å². The molecule has 0 aromatic carbocycles. The van der Waals surface area contributed by atoms with E-state index in [1.54, 1.807) is 7.11 Å². The van der Waals surface area contributed by atoms with Crippen molar-refractivity contribution in [1.82, 2.24) is 5.06 Å². The summed E-state index contributed by atoms with van der Waals surface area (Å²) in [6.45, 7) is 3.40. The maximum Gasteiger partial charge on any atom is 0.196 e. The number of ether oxygens (including phenoxy) is 3.